The third-order valence-electron chi connectivity index (χ3n) is 2.66. The van der Waals surface area contributed by atoms with E-state index >= 15 is 0 Å². The normalized spacial score (nSPS) is 10.2. The molecule has 0 aliphatic carbocycles. The molecule has 1 amide bonds. The number of carbonyl (C=O) groups excluding carboxylic acids is 2. The monoisotopic (exact) mass is 295 g/mol. The number of carbonyl (C=O) groups is 2. The molecule has 110 valence electrons. The SMILES string of the molecule is COC(=O)c1cc(NC(=O)c2cc(N)c[nH]2)c(F)cc1F. The van der Waals surface area contributed by atoms with Gasteiger partial charge in [-0.3, -0.25) is 4.79 Å². The molecule has 6 nitrogen and oxygen atoms in total. The first-order chi connectivity index (χ1) is 9.92. The van der Waals surface area contributed by atoms with Crippen molar-refractivity contribution >= 4 is 23.3 Å². The summed E-state index contributed by atoms with van der Waals surface area (Å²) in [5.74, 6) is -3.77. The van der Waals surface area contributed by atoms with E-state index in [9.17, 15) is 18.4 Å². The molecule has 2 rings (SSSR count). The van der Waals surface area contributed by atoms with Crippen molar-refractivity contribution in [2.24, 2.45) is 0 Å². The van der Waals surface area contributed by atoms with Gasteiger partial charge >= 0.3 is 5.97 Å². The van der Waals surface area contributed by atoms with Crippen molar-refractivity contribution in [3.05, 3.63) is 47.3 Å². The summed E-state index contributed by atoms with van der Waals surface area (Å²) in [5, 5.41) is 2.21. The summed E-state index contributed by atoms with van der Waals surface area (Å²) in [6.45, 7) is 0. The van der Waals surface area contributed by atoms with Crippen LogP contribution < -0.4 is 11.1 Å². The van der Waals surface area contributed by atoms with E-state index in [1.165, 1.54) is 12.3 Å². The number of benzene rings is 1. The van der Waals surface area contributed by atoms with Gasteiger partial charge in [0.05, 0.1) is 18.4 Å². The maximum Gasteiger partial charge on any atom is 0.340 e. The van der Waals surface area contributed by atoms with Gasteiger partial charge in [-0.1, -0.05) is 0 Å². The number of amides is 1. The van der Waals surface area contributed by atoms with Crippen LogP contribution in [0, 0.1) is 11.6 Å². The van der Waals surface area contributed by atoms with E-state index in [1.807, 2.05) is 0 Å². The van der Waals surface area contributed by atoms with Crippen LogP contribution in [0.1, 0.15) is 20.8 Å². The van der Waals surface area contributed by atoms with Crippen molar-refractivity contribution < 1.29 is 23.1 Å². The number of hydrogen-bond acceptors (Lipinski definition) is 4. The van der Waals surface area contributed by atoms with E-state index < -0.39 is 29.1 Å². The van der Waals surface area contributed by atoms with E-state index in [0.29, 0.717) is 11.8 Å². The standard InChI is InChI=1S/C13H11F2N3O3/c1-21-13(20)7-3-10(9(15)4-8(7)14)18-12(19)11-2-6(16)5-17-11/h2-5,17H,16H2,1H3,(H,18,19). The Morgan fingerprint density at radius 2 is 1.95 bits per heavy atom. The van der Waals surface area contributed by atoms with Crippen molar-refractivity contribution in [3.63, 3.8) is 0 Å². The molecule has 0 fully saturated rings. The third kappa shape index (κ3) is 2.99. The van der Waals surface area contributed by atoms with E-state index in [4.69, 9.17) is 5.73 Å². The quantitative estimate of drug-likeness (QED) is 0.753. The number of esters is 1. The van der Waals surface area contributed by atoms with Gasteiger partial charge in [0.15, 0.2) is 0 Å². The summed E-state index contributed by atoms with van der Waals surface area (Å²) in [7, 11) is 1.06. The molecule has 1 aromatic carbocycles. The topological polar surface area (TPSA) is 97.2 Å². The van der Waals surface area contributed by atoms with Gasteiger partial charge in [-0.2, -0.15) is 0 Å². The van der Waals surface area contributed by atoms with E-state index in [0.717, 1.165) is 13.2 Å². The second-order valence-corrected chi connectivity index (χ2v) is 4.10. The second-order valence-electron chi connectivity index (χ2n) is 4.10. The number of ether oxygens (including phenoxy) is 1. The van der Waals surface area contributed by atoms with Crippen LogP contribution in [0.5, 0.6) is 0 Å². The maximum absolute atomic E-state index is 13.6. The van der Waals surface area contributed by atoms with Gasteiger partial charge in [-0.15, -0.1) is 0 Å². The molecule has 0 bridgehead atoms. The molecular formula is C13H11F2N3O3. The van der Waals surface area contributed by atoms with E-state index in [1.54, 1.807) is 0 Å². The Kier molecular flexibility index (Phi) is 3.88. The molecule has 0 atom stereocenters. The first-order valence-electron chi connectivity index (χ1n) is 5.75. The summed E-state index contributed by atoms with van der Waals surface area (Å²) < 4.78 is 31.5. The highest BCUT2D eigenvalue weighted by Gasteiger charge is 2.18. The van der Waals surface area contributed by atoms with Crippen LogP contribution in [0.4, 0.5) is 20.2 Å². The van der Waals surface area contributed by atoms with Gasteiger partial charge < -0.3 is 20.8 Å². The second kappa shape index (κ2) is 5.61. The average molecular weight is 295 g/mol. The lowest BCUT2D eigenvalue weighted by atomic mass is 10.1. The Balaban J connectivity index is 2.31. The van der Waals surface area contributed by atoms with Crippen LogP contribution in [-0.2, 0) is 4.74 Å². The molecule has 1 heterocycles. The van der Waals surface area contributed by atoms with Gasteiger partial charge in [0, 0.05) is 18.0 Å². The largest absolute Gasteiger partial charge is 0.465 e. The number of aromatic nitrogens is 1. The predicted molar refractivity (Wildman–Crippen MR) is 70.9 cm³/mol. The number of rotatable bonds is 3. The van der Waals surface area contributed by atoms with Crippen LogP contribution in [0.2, 0.25) is 0 Å². The zero-order valence-corrected chi connectivity index (χ0v) is 10.9. The zero-order chi connectivity index (χ0) is 15.6. The summed E-state index contributed by atoms with van der Waals surface area (Å²) in [6, 6.07) is 2.70. The van der Waals surface area contributed by atoms with Crippen molar-refractivity contribution in [2.45, 2.75) is 0 Å². The van der Waals surface area contributed by atoms with Gasteiger partial charge in [0.25, 0.3) is 5.91 Å². The van der Waals surface area contributed by atoms with Crippen LogP contribution >= 0.6 is 0 Å². The predicted octanol–water partition coefficient (Wildman–Crippen LogP) is 1.91. The smallest absolute Gasteiger partial charge is 0.340 e. The Morgan fingerprint density at radius 3 is 2.52 bits per heavy atom. The van der Waals surface area contributed by atoms with Gasteiger partial charge in [0.2, 0.25) is 0 Å². The summed E-state index contributed by atoms with van der Waals surface area (Å²) in [4.78, 5) is 25.8. The molecule has 2 aromatic rings. The Hall–Kier alpha value is -2.90. The zero-order valence-electron chi connectivity index (χ0n) is 10.9. The molecule has 0 spiro atoms. The highest BCUT2D eigenvalue weighted by atomic mass is 19.1. The van der Waals surface area contributed by atoms with Crippen molar-refractivity contribution in [2.75, 3.05) is 18.2 Å². The minimum Gasteiger partial charge on any atom is -0.465 e. The number of nitrogens with two attached hydrogens (primary N) is 1. The molecule has 1 aromatic heterocycles. The molecule has 0 saturated heterocycles. The van der Waals surface area contributed by atoms with Crippen LogP contribution in [0.15, 0.2) is 24.4 Å². The Morgan fingerprint density at radius 1 is 1.24 bits per heavy atom. The van der Waals surface area contributed by atoms with Gasteiger partial charge in [-0.05, 0) is 12.1 Å². The van der Waals surface area contributed by atoms with Crippen LogP contribution in [-0.4, -0.2) is 24.0 Å². The number of hydrogen-bond donors (Lipinski definition) is 3. The molecule has 8 heteroatoms. The third-order valence-corrected chi connectivity index (χ3v) is 2.66. The highest BCUT2D eigenvalue weighted by molar-refractivity contribution is 6.04. The van der Waals surface area contributed by atoms with Crippen LogP contribution in [0.3, 0.4) is 0 Å². The number of H-pyrrole nitrogens is 1. The molecular weight excluding hydrogens is 284 g/mol. The minimum atomic E-state index is -1.08. The molecule has 0 aliphatic rings. The molecule has 0 saturated carbocycles. The number of halogens is 2. The van der Waals surface area contributed by atoms with E-state index in [-0.39, 0.29) is 11.4 Å². The first-order valence-corrected chi connectivity index (χ1v) is 5.75. The first kappa shape index (κ1) is 14.5. The number of aromatic amines is 1. The fourth-order valence-corrected chi connectivity index (χ4v) is 1.64. The van der Waals surface area contributed by atoms with Crippen molar-refractivity contribution in [3.8, 4) is 0 Å². The lowest BCUT2D eigenvalue weighted by molar-refractivity contribution is 0.0595. The van der Waals surface area contributed by atoms with Gasteiger partial charge in [0.1, 0.15) is 17.3 Å². The van der Waals surface area contributed by atoms with Crippen molar-refractivity contribution in [1.29, 1.82) is 0 Å². The molecule has 0 unspecified atom stereocenters. The fourth-order valence-electron chi connectivity index (χ4n) is 1.64. The average Bonchev–Trinajstić information content (AvgIpc) is 2.87. The highest BCUT2D eigenvalue weighted by Crippen LogP contribution is 2.21. The molecule has 21 heavy (non-hydrogen) atoms. The Labute approximate surface area is 117 Å². The number of anilines is 2. The number of methoxy groups -OCH3 is 1. The fraction of sp³-hybridized carbons (Fsp3) is 0.0769. The molecule has 0 aliphatic heterocycles. The van der Waals surface area contributed by atoms with Crippen LogP contribution in [0.25, 0.3) is 0 Å². The lowest BCUT2D eigenvalue weighted by Crippen LogP contribution is -2.15. The molecule has 0 radical (unpaired) electrons. The van der Waals surface area contributed by atoms with Gasteiger partial charge in [-0.25, -0.2) is 13.6 Å². The molecule has 4 N–H and O–H groups in total. The van der Waals surface area contributed by atoms with Crippen molar-refractivity contribution in [1.82, 2.24) is 4.98 Å². The minimum absolute atomic E-state index is 0.0934. The summed E-state index contributed by atoms with van der Waals surface area (Å²) in [5.41, 5.74) is 5.03. The van der Waals surface area contributed by atoms with E-state index in [2.05, 4.69) is 15.0 Å². The lowest BCUT2D eigenvalue weighted by Gasteiger charge is -2.08. The Bertz CT molecular complexity index is 713. The summed E-state index contributed by atoms with van der Waals surface area (Å²) >= 11 is 0. The summed E-state index contributed by atoms with van der Waals surface area (Å²) in [6.07, 6.45) is 1.38. The number of nitrogen functional groups attached to an aromatic ring is 1. The number of nitrogens with one attached hydrogen (secondary N) is 2. The maximum atomic E-state index is 13.6.